The predicted molar refractivity (Wildman–Crippen MR) is 84.4 cm³/mol. The van der Waals surface area contributed by atoms with E-state index in [1.807, 2.05) is 0 Å². The third-order valence-electron chi connectivity index (χ3n) is 3.24. The van der Waals surface area contributed by atoms with Gasteiger partial charge in [-0.3, -0.25) is 19.7 Å². The van der Waals surface area contributed by atoms with Gasteiger partial charge in [-0.1, -0.05) is 17.4 Å². The highest BCUT2D eigenvalue weighted by molar-refractivity contribution is 7.07. The number of thiazole rings is 1. The largest absolute Gasteiger partial charge is 0.326 e. The van der Waals surface area contributed by atoms with Gasteiger partial charge in [0, 0.05) is 36.2 Å². The van der Waals surface area contributed by atoms with Gasteiger partial charge in [-0.05, 0) is 19.4 Å². The molecule has 22 heavy (non-hydrogen) atoms. The van der Waals surface area contributed by atoms with Gasteiger partial charge in [0.2, 0.25) is 5.91 Å². The maximum Gasteiger partial charge on any atom is 0.307 e. The molecule has 0 atom stereocenters. The molecule has 8 heteroatoms. The molecule has 1 heterocycles. The monoisotopic (exact) mass is 321 g/mol. The van der Waals surface area contributed by atoms with Crippen molar-refractivity contribution in [2.45, 2.75) is 26.8 Å². The van der Waals surface area contributed by atoms with E-state index in [4.69, 9.17) is 0 Å². The number of carbonyl (C=O) groups is 1. The highest BCUT2D eigenvalue weighted by Gasteiger charge is 2.12. The van der Waals surface area contributed by atoms with Gasteiger partial charge in [-0.15, -0.1) is 0 Å². The molecule has 0 saturated carbocycles. The second kappa shape index (κ2) is 6.52. The lowest BCUT2D eigenvalue weighted by Gasteiger charge is -2.09. The maximum absolute atomic E-state index is 12.0. The first-order chi connectivity index (χ1) is 10.4. The Kier molecular flexibility index (Phi) is 4.71. The first-order valence-corrected chi connectivity index (χ1v) is 7.46. The molecule has 0 saturated heterocycles. The fourth-order valence-electron chi connectivity index (χ4n) is 1.96. The Bertz CT molecular complexity index is 779. The average molecular weight is 321 g/mol. The Morgan fingerprint density at radius 1 is 1.41 bits per heavy atom. The number of carbonyl (C=O) groups excluding carboxylic acids is 1. The van der Waals surface area contributed by atoms with Gasteiger partial charge in [-0.2, -0.15) is 0 Å². The summed E-state index contributed by atoms with van der Waals surface area (Å²) in [7, 11) is 0. The number of non-ortho nitro benzene ring substituents is 1. The minimum Gasteiger partial charge on any atom is -0.326 e. The Morgan fingerprint density at radius 2 is 2.14 bits per heavy atom. The van der Waals surface area contributed by atoms with E-state index in [0.29, 0.717) is 5.69 Å². The normalized spacial score (nSPS) is 10.5. The van der Waals surface area contributed by atoms with Crippen LogP contribution in [0.3, 0.4) is 0 Å². The molecule has 0 fully saturated rings. The van der Waals surface area contributed by atoms with Crippen LogP contribution in [0.5, 0.6) is 0 Å². The molecule has 0 unspecified atom stereocenters. The number of aromatic nitrogens is 1. The number of hydrogen-bond acceptors (Lipinski definition) is 5. The van der Waals surface area contributed by atoms with Crippen LogP contribution in [0.1, 0.15) is 17.7 Å². The molecule has 0 bridgehead atoms. The van der Waals surface area contributed by atoms with Crippen LogP contribution in [0.15, 0.2) is 28.4 Å². The Labute approximate surface area is 130 Å². The summed E-state index contributed by atoms with van der Waals surface area (Å²) in [6, 6.07) is 4.30. The molecule has 0 radical (unpaired) electrons. The molecule has 1 amide bonds. The summed E-state index contributed by atoms with van der Waals surface area (Å²) in [6.45, 7) is 3.85. The lowest BCUT2D eigenvalue weighted by molar-refractivity contribution is -0.384. The third kappa shape index (κ3) is 3.59. The van der Waals surface area contributed by atoms with Crippen molar-refractivity contribution in [1.82, 2.24) is 4.57 Å². The standard InChI is InChI=1S/C14H15N3O4S/c1-9-3-4-11(17(20)21)7-12(9)15-13(18)5-6-16-10(2)8-22-14(16)19/h3-4,7-8H,5-6H2,1-2H3,(H,15,18). The number of nitro groups is 1. The van der Waals surface area contributed by atoms with Gasteiger partial charge >= 0.3 is 4.87 Å². The molecule has 1 aromatic heterocycles. The second-order valence-corrected chi connectivity index (χ2v) is 5.67. The van der Waals surface area contributed by atoms with E-state index in [2.05, 4.69) is 5.32 Å². The molecule has 2 aromatic rings. The summed E-state index contributed by atoms with van der Waals surface area (Å²) in [4.78, 5) is 33.7. The van der Waals surface area contributed by atoms with E-state index < -0.39 is 4.92 Å². The van der Waals surface area contributed by atoms with Crippen LogP contribution in [-0.4, -0.2) is 15.4 Å². The van der Waals surface area contributed by atoms with Crippen LogP contribution in [-0.2, 0) is 11.3 Å². The lowest BCUT2D eigenvalue weighted by atomic mass is 10.2. The number of anilines is 1. The average Bonchev–Trinajstić information content (AvgIpc) is 2.78. The molecular formula is C14H15N3O4S. The van der Waals surface area contributed by atoms with Crippen LogP contribution < -0.4 is 10.2 Å². The summed E-state index contributed by atoms with van der Waals surface area (Å²) in [5.74, 6) is -0.291. The smallest absolute Gasteiger partial charge is 0.307 e. The van der Waals surface area contributed by atoms with Crippen molar-refractivity contribution in [3.05, 3.63) is 54.6 Å². The zero-order valence-electron chi connectivity index (χ0n) is 12.2. The van der Waals surface area contributed by atoms with Gasteiger partial charge in [0.15, 0.2) is 0 Å². The summed E-state index contributed by atoms with van der Waals surface area (Å²) >= 11 is 1.10. The number of hydrogen-bond donors (Lipinski definition) is 1. The van der Waals surface area contributed by atoms with E-state index in [1.54, 1.807) is 25.3 Å². The van der Waals surface area contributed by atoms with Crippen molar-refractivity contribution in [3.63, 3.8) is 0 Å². The third-order valence-corrected chi connectivity index (χ3v) is 4.13. The second-order valence-electron chi connectivity index (χ2n) is 4.85. The minimum atomic E-state index is -0.511. The Balaban J connectivity index is 2.05. The topological polar surface area (TPSA) is 94.2 Å². The number of nitrogens with zero attached hydrogens (tertiary/aromatic N) is 2. The molecular weight excluding hydrogens is 306 g/mol. The van der Waals surface area contributed by atoms with E-state index in [0.717, 1.165) is 22.6 Å². The van der Waals surface area contributed by atoms with Gasteiger partial charge < -0.3 is 9.88 Å². The minimum absolute atomic E-state index is 0.0780. The maximum atomic E-state index is 12.0. The molecule has 1 aromatic carbocycles. The number of rotatable bonds is 5. The number of nitrogens with one attached hydrogen (secondary N) is 1. The summed E-state index contributed by atoms with van der Waals surface area (Å²) in [6.07, 6.45) is 0.125. The number of aryl methyl sites for hydroxylation is 2. The molecule has 0 aliphatic rings. The van der Waals surface area contributed by atoms with Crippen LogP contribution in [0.2, 0.25) is 0 Å². The quantitative estimate of drug-likeness (QED) is 0.676. The molecule has 0 aliphatic carbocycles. The summed E-state index contributed by atoms with van der Waals surface area (Å²) < 4.78 is 1.53. The van der Waals surface area contributed by atoms with E-state index in [-0.39, 0.29) is 29.4 Å². The molecule has 0 spiro atoms. The van der Waals surface area contributed by atoms with Crippen molar-refractivity contribution in [2.24, 2.45) is 0 Å². The first kappa shape index (κ1) is 15.9. The molecule has 7 nitrogen and oxygen atoms in total. The number of nitro benzene ring substituents is 1. The van der Waals surface area contributed by atoms with Crippen LogP contribution >= 0.6 is 11.3 Å². The van der Waals surface area contributed by atoms with Crippen LogP contribution in [0, 0.1) is 24.0 Å². The van der Waals surface area contributed by atoms with Gasteiger partial charge in [0.1, 0.15) is 0 Å². The molecule has 116 valence electrons. The van der Waals surface area contributed by atoms with Crippen LogP contribution in [0.25, 0.3) is 0 Å². The first-order valence-electron chi connectivity index (χ1n) is 6.58. The Morgan fingerprint density at radius 3 is 2.73 bits per heavy atom. The Hall–Kier alpha value is -2.48. The van der Waals surface area contributed by atoms with E-state index in [1.165, 1.54) is 16.7 Å². The molecule has 2 rings (SSSR count). The fourth-order valence-corrected chi connectivity index (χ4v) is 2.72. The summed E-state index contributed by atoms with van der Waals surface area (Å²) in [5.41, 5.74) is 1.89. The van der Waals surface area contributed by atoms with Gasteiger partial charge in [-0.25, -0.2) is 0 Å². The number of benzene rings is 1. The van der Waals surface area contributed by atoms with Gasteiger partial charge in [0.25, 0.3) is 5.69 Å². The lowest BCUT2D eigenvalue weighted by Crippen LogP contribution is -2.20. The zero-order valence-corrected chi connectivity index (χ0v) is 13.0. The SMILES string of the molecule is Cc1ccc([N+](=O)[O-])cc1NC(=O)CCn1c(C)csc1=O. The predicted octanol–water partition coefficient (Wildman–Crippen LogP) is 2.46. The van der Waals surface area contributed by atoms with Crippen LogP contribution in [0.4, 0.5) is 11.4 Å². The van der Waals surface area contributed by atoms with Gasteiger partial charge in [0.05, 0.1) is 10.6 Å². The zero-order chi connectivity index (χ0) is 16.3. The fraction of sp³-hybridized carbons (Fsp3) is 0.286. The number of amides is 1. The highest BCUT2D eigenvalue weighted by Crippen LogP contribution is 2.22. The van der Waals surface area contributed by atoms with E-state index >= 15 is 0 Å². The van der Waals surface area contributed by atoms with E-state index in [9.17, 15) is 19.7 Å². The molecule has 1 N–H and O–H groups in total. The van der Waals surface area contributed by atoms with Crippen molar-refractivity contribution in [2.75, 3.05) is 5.32 Å². The summed E-state index contributed by atoms with van der Waals surface area (Å²) in [5, 5.41) is 15.2. The molecule has 0 aliphatic heterocycles. The van der Waals surface area contributed by atoms with Crippen molar-refractivity contribution in [3.8, 4) is 0 Å². The van der Waals surface area contributed by atoms with Crippen molar-refractivity contribution in [1.29, 1.82) is 0 Å². The highest BCUT2D eigenvalue weighted by atomic mass is 32.1. The van der Waals surface area contributed by atoms with Crippen molar-refractivity contribution < 1.29 is 9.72 Å². The van der Waals surface area contributed by atoms with Crippen molar-refractivity contribution >= 4 is 28.6 Å².